The number of carbonyl (C=O) groups is 2. The number of nitrogens with one attached hydrogen (secondary N) is 2. The Hall–Kier alpha value is -1.53. The van der Waals surface area contributed by atoms with Crippen LogP contribution < -0.4 is 10.6 Å². The van der Waals surface area contributed by atoms with Gasteiger partial charge in [-0.1, -0.05) is 49.5 Å². The monoisotopic (exact) mass is 367 g/mol. The number of benzene rings is 1. The quantitative estimate of drug-likeness (QED) is 0.689. The average Bonchev–Trinajstić information content (AvgIpc) is 2.89. The first-order valence-electron chi connectivity index (χ1n) is 8.17. The summed E-state index contributed by atoms with van der Waals surface area (Å²) in [6.07, 6.45) is 4.62. The van der Waals surface area contributed by atoms with E-state index in [-0.39, 0.29) is 18.2 Å². The van der Waals surface area contributed by atoms with Crippen LogP contribution in [0, 0.1) is 0 Å². The summed E-state index contributed by atoms with van der Waals surface area (Å²) in [6.45, 7) is 2.82. The predicted octanol–water partition coefficient (Wildman–Crippen LogP) is 3.65. The first kappa shape index (κ1) is 18.8. The largest absolute Gasteiger partial charge is 0.356 e. The number of amidine groups is 1. The molecular formula is C17H22ClN3O2S. The summed E-state index contributed by atoms with van der Waals surface area (Å²) in [5.41, 5.74) is 0.711. The molecule has 0 bridgehead atoms. The molecule has 2 amide bonds. The van der Waals surface area contributed by atoms with Gasteiger partial charge in [-0.2, -0.15) is 0 Å². The lowest BCUT2D eigenvalue weighted by Crippen LogP contribution is -2.31. The van der Waals surface area contributed by atoms with Gasteiger partial charge in [0.25, 0.3) is 0 Å². The van der Waals surface area contributed by atoms with Crippen LogP contribution in [0.4, 0.5) is 5.69 Å². The lowest BCUT2D eigenvalue weighted by Gasteiger charge is -2.07. The van der Waals surface area contributed by atoms with Gasteiger partial charge in [0, 0.05) is 18.0 Å². The van der Waals surface area contributed by atoms with Crippen molar-refractivity contribution in [3.05, 3.63) is 29.3 Å². The van der Waals surface area contributed by atoms with Crippen LogP contribution in [-0.4, -0.2) is 28.8 Å². The molecule has 1 aliphatic heterocycles. The Kier molecular flexibility index (Phi) is 7.59. The van der Waals surface area contributed by atoms with Gasteiger partial charge in [-0.3, -0.25) is 9.59 Å². The summed E-state index contributed by atoms with van der Waals surface area (Å²) in [5, 5.41) is 6.32. The van der Waals surface area contributed by atoms with E-state index in [1.165, 1.54) is 24.6 Å². The van der Waals surface area contributed by atoms with Crippen LogP contribution in [0.25, 0.3) is 0 Å². The molecule has 0 spiro atoms. The van der Waals surface area contributed by atoms with Gasteiger partial charge >= 0.3 is 0 Å². The number of aliphatic imine (C=N–C) groups is 1. The lowest BCUT2D eigenvalue weighted by atomic mass is 10.2. The molecule has 0 aromatic heterocycles. The average molecular weight is 368 g/mol. The minimum atomic E-state index is -0.424. The van der Waals surface area contributed by atoms with Gasteiger partial charge in [-0.05, 0) is 30.7 Å². The third-order valence-electron chi connectivity index (χ3n) is 3.56. The number of rotatable bonds is 8. The molecule has 1 heterocycles. The molecule has 1 fully saturated rings. The zero-order chi connectivity index (χ0) is 17.4. The van der Waals surface area contributed by atoms with Crippen LogP contribution in [0.3, 0.4) is 0 Å². The second-order valence-electron chi connectivity index (χ2n) is 5.60. The standard InChI is InChI=1S/C17H22ClN3O2S/c1-2-3-4-5-10-19-15(22)11-14-16(23)21-17(24-14)20-13-8-6-12(18)7-9-13/h6-9,14H,2-5,10-11H2,1H3,(H,19,22)(H,20,21,23)/t14-/m1/s1. The van der Waals surface area contributed by atoms with Gasteiger partial charge in [0.1, 0.15) is 5.25 Å². The van der Waals surface area contributed by atoms with Crippen LogP contribution >= 0.6 is 23.4 Å². The van der Waals surface area contributed by atoms with E-state index in [4.69, 9.17) is 11.6 Å². The van der Waals surface area contributed by atoms with E-state index in [0.717, 1.165) is 12.8 Å². The molecule has 7 heteroatoms. The molecule has 1 atom stereocenters. The third-order valence-corrected chi connectivity index (χ3v) is 4.89. The van der Waals surface area contributed by atoms with E-state index in [1.54, 1.807) is 24.3 Å². The Morgan fingerprint density at radius 3 is 2.75 bits per heavy atom. The number of unbranched alkanes of at least 4 members (excludes halogenated alkanes) is 3. The molecule has 0 unspecified atom stereocenters. The SMILES string of the molecule is CCCCCCNC(=O)C[C@H]1SC(=Nc2ccc(Cl)cc2)NC1=O. The normalized spacial score (nSPS) is 18.7. The van der Waals surface area contributed by atoms with E-state index >= 15 is 0 Å². The zero-order valence-corrected chi connectivity index (χ0v) is 15.3. The Balaban J connectivity index is 1.79. The van der Waals surface area contributed by atoms with Crippen molar-refractivity contribution in [2.24, 2.45) is 4.99 Å². The molecular weight excluding hydrogens is 346 g/mol. The molecule has 24 heavy (non-hydrogen) atoms. The van der Waals surface area contributed by atoms with Crippen molar-refractivity contribution in [3.63, 3.8) is 0 Å². The summed E-state index contributed by atoms with van der Waals surface area (Å²) in [5.74, 6) is -0.263. The molecule has 0 aliphatic carbocycles. The molecule has 2 rings (SSSR count). The third kappa shape index (κ3) is 6.17. The van der Waals surface area contributed by atoms with Crippen molar-refractivity contribution >= 4 is 46.0 Å². The van der Waals surface area contributed by atoms with Crippen molar-refractivity contribution < 1.29 is 9.59 Å². The predicted molar refractivity (Wildman–Crippen MR) is 99.8 cm³/mol. The van der Waals surface area contributed by atoms with E-state index in [0.29, 0.717) is 22.4 Å². The Morgan fingerprint density at radius 2 is 2.04 bits per heavy atom. The highest BCUT2D eigenvalue weighted by molar-refractivity contribution is 8.15. The van der Waals surface area contributed by atoms with Crippen molar-refractivity contribution in [3.8, 4) is 0 Å². The van der Waals surface area contributed by atoms with E-state index in [2.05, 4.69) is 22.5 Å². The number of halogens is 1. The number of hydrogen-bond donors (Lipinski definition) is 2. The Bertz CT molecular complexity index is 604. The molecule has 1 saturated heterocycles. The second kappa shape index (κ2) is 9.69. The molecule has 1 aromatic carbocycles. The number of hydrogen-bond acceptors (Lipinski definition) is 4. The van der Waals surface area contributed by atoms with Gasteiger partial charge < -0.3 is 10.6 Å². The summed E-state index contributed by atoms with van der Waals surface area (Å²) < 4.78 is 0. The smallest absolute Gasteiger partial charge is 0.240 e. The maximum Gasteiger partial charge on any atom is 0.240 e. The van der Waals surface area contributed by atoms with Gasteiger partial charge in [-0.25, -0.2) is 4.99 Å². The lowest BCUT2D eigenvalue weighted by molar-refractivity contribution is -0.125. The van der Waals surface area contributed by atoms with Crippen LogP contribution in [0.2, 0.25) is 5.02 Å². The van der Waals surface area contributed by atoms with Gasteiger partial charge in [0.05, 0.1) is 5.69 Å². The topological polar surface area (TPSA) is 70.6 Å². The fourth-order valence-electron chi connectivity index (χ4n) is 2.25. The molecule has 1 aromatic rings. The van der Waals surface area contributed by atoms with Crippen LogP contribution in [0.5, 0.6) is 0 Å². The minimum absolute atomic E-state index is 0.0908. The van der Waals surface area contributed by atoms with Gasteiger partial charge in [0.2, 0.25) is 11.8 Å². The van der Waals surface area contributed by atoms with Gasteiger partial charge in [0.15, 0.2) is 5.17 Å². The fourth-order valence-corrected chi connectivity index (χ4v) is 3.36. The summed E-state index contributed by atoms with van der Waals surface area (Å²) in [6, 6.07) is 7.04. The first-order chi connectivity index (χ1) is 11.6. The highest BCUT2D eigenvalue weighted by Gasteiger charge is 2.31. The van der Waals surface area contributed by atoms with E-state index < -0.39 is 5.25 Å². The Labute approximate surface area is 151 Å². The number of carbonyl (C=O) groups excluding carboxylic acids is 2. The highest BCUT2D eigenvalue weighted by atomic mass is 35.5. The zero-order valence-electron chi connectivity index (χ0n) is 13.7. The highest BCUT2D eigenvalue weighted by Crippen LogP contribution is 2.25. The van der Waals surface area contributed by atoms with Crippen molar-refractivity contribution in [2.45, 2.75) is 44.3 Å². The Morgan fingerprint density at radius 1 is 1.29 bits per heavy atom. The number of nitrogens with zero attached hydrogens (tertiary/aromatic N) is 1. The van der Waals surface area contributed by atoms with E-state index in [9.17, 15) is 9.59 Å². The molecule has 130 valence electrons. The molecule has 1 aliphatic rings. The van der Waals surface area contributed by atoms with E-state index in [1.807, 2.05) is 0 Å². The maximum atomic E-state index is 12.0. The fraction of sp³-hybridized carbons (Fsp3) is 0.471. The molecule has 0 saturated carbocycles. The first-order valence-corrected chi connectivity index (χ1v) is 9.42. The number of thioether (sulfide) groups is 1. The summed E-state index contributed by atoms with van der Waals surface area (Å²) >= 11 is 7.12. The van der Waals surface area contributed by atoms with Crippen molar-refractivity contribution in [1.29, 1.82) is 0 Å². The second-order valence-corrected chi connectivity index (χ2v) is 7.23. The summed E-state index contributed by atoms with van der Waals surface area (Å²) in [4.78, 5) is 28.2. The maximum absolute atomic E-state index is 12.0. The molecule has 5 nitrogen and oxygen atoms in total. The van der Waals surface area contributed by atoms with Crippen molar-refractivity contribution in [2.75, 3.05) is 6.54 Å². The molecule has 0 radical (unpaired) electrons. The number of amides is 2. The van der Waals surface area contributed by atoms with Crippen LogP contribution in [-0.2, 0) is 9.59 Å². The van der Waals surface area contributed by atoms with Gasteiger partial charge in [-0.15, -0.1) is 0 Å². The van der Waals surface area contributed by atoms with Crippen molar-refractivity contribution in [1.82, 2.24) is 10.6 Å². The van der Waals surface area contributed by atoms with Crippen LogP contribution in [0.15, 0.2) is 29.3 Å². The van der Waals surface area contributed by atoms with Crippen LogP contribution in [0.1, 0.15) is 39.0 Å². The molecule has 2 N–H and O–H groups in total. The summed E-state index contributed by atoms with van der Waals surface area (Å²) in [7, 11) is 0. The minimum Gasteiger partial charge on any atom is -0.356 e.